The second kappa shape index (κ2) is 11.2. The van der Waals surface area contributed by atoms with Gasteiger partial charge in [0.15, 0.2) is 0 Å². The maximum atomic E-state index is 13.7. The molecule has 0 bridgehead atoms. The van der Waals surface area contributed by atoms with E-state index in [0.717, 1.165) is 11.1 Å². The van der Waals surface area contributed by atoms with Gasteiger partial charge in [-0.25, -0.2) is 9.37 Å². The number of hydrogen-bond acceptors (Lipinski definition) is 5. The van der Waals surface area contributed by atoms with Gasteiger partial charge >= 0.3 is 0 Å². The smallest absolute Gasteiger partial charge is 0.275 e. The number of nitrogens with zero attached hydrogens (tertiary/aromatic N) is 3. The Labute approximate surface area is 208 Å². The molecule has 0 radical (unpaired) electrons. The van der Waals surface area contributed by atoms with Gasteiger partial charge in [-0.2, -0.15) is 0 Å². The first kappa shape index (κ1) is 24.5. The molecule has 0 aliphatic heterocycles. The quantitative estimate of drug-likeness (QED) is 0.382. The van der Waals surface area contributed by atoms with Crippen LogP contribution in [-0.2, 0) is 11.3 Å². The first-order chi connectivity index (χ1) is 17.4. The predicted molar refractivity (Wildman–Crippen MR) is 134 cm³/mol. The molecule has 0 saturated heterocycles. The summed E-state index contributed by atoms with van der Waals surface area (Å²) in [5, 5.41) is 2.81. The van der Waals surface area contributed by atoms with Crippen molar-refractivity contribution in [3.63, 3.8) is 0 Å². The molecule has 0 saturated carbocycles. The molecule has 36 heavy (non-hydrogen) atoms. The van der Waals surface area contributed by atoms with Crippen LogP contribution in [0.2, 0.25) is 0 Å². The van der Waals surface area contributed by atoms with Gasteiger partial charge in [-0.05, 0) is 54.4 Å². The van der Waals surface area contributed by atoms with E-state index in [9.17, 15) is 14.0 Å². The first-order valence-electron chi connectivity index (χ1n) is 11.3. The van der Waals surface area contributed by atoms with E-state index >= 15 is 0 Å². The average Bonchev–Trinajstić information content (AvgIpc) is 2.91. The van der Waals surface area contributed by atoms with E-state index in [2.05, 4.69) is 15.3 Å². The Hall–Kier alpha value is -4.59. The number of benzene rings is 3. The highest BCUT2D eigenvalue weighted by Crippen LogP contribution is 2.28. The van der Waals surface area contributed by atoms with Crippen LogP contribution in [-0.4, -0.2) is 33.8 Å². The fraction of sp³-hybridized carbons (Fsp3) is 0.143. The lowest BCUT2D eigenvalue weighted by Gasteiger charge is -2.31. The molecule has 0 unspecified atom stereocenters. The van der Waals surface area contributed by atoms with E-state index in [-0.39, 0.29) is 12.2 Å². The molecule has 0 fully saturated rings. The molecule has 182 valence electrons. The minimum Gasteiger partial charge on any atom is -0.497 e. The summed E-state index contributed by atoms with van der Waals surface area (Å²) in [7, 11) is 1.55. The van der Waals surface area contributed by atoms with E-state index in [4.69, 9.17) is 4.74 Å². The largest absolute Gasteiger partial charge is 0.497 e. The number of ether oxygens (including phenoxy) is 1. The van der Waals surface area contributed by atoms with Gasteiger partial charge in [0.1, 0.15) is 23.3 Å². The van der Waals surface area contributed by atoms with Crippen molar-refractivity contribution in [1.82, 2.24) is 14.9 Å². The lowest BCUT2D eigenvalue weighted by atomic mass is 10.0. The van der Waals surface area contributed by atoms with E-state index < -0.39 is 23.7 Å². The Kier molecular flexibility index (Phi) is 7.65. The van der Waals surface area contributed by atoms with Crippen LogP contribution in [0.25, 0.3) is 0 Å². The lowest BCUT2D eigenvalue weighted by Crippen LogP contribution is -2.41. The third-order valence-corrected chi connectivity index (χ3v) is 5.62. The predicted octanol–water partition coefficient (Wildman–Crippen LogP) is 4.96. The summed E-state index contributed by atoms with van der Waals surface area (Å²) < 4.78 is 18.7. The summed E-state index contributed by atoms with van der Waals surface area (Å²) in [6.45, 7) is 2.12. The van der Waals surface area contributed by atoms with Gasteiger partial charge in [0.25, 0.3) is 11.8 Å². The van der Waals surface area contributed by atoms with Crippen LogP contribution in [0.5, 0.6) is 5.75 Å². The summed E-state index contributed by atoms with van der Waals surface area (Å²) in [5.74, 6) is -0.727. The van der Waals surface area contributed by atoms with E-state index in [1.54, 1.807) is 31.4 Å². The SMILES string of the molecule is COc1ccc([C@@H](C(=O)Nc2ccc(F)cc2)N(Cc2ccc(C)cc2)C(=O)c2cnccn2)cc1. The Bertz CT molecular complexity index is 1310. The summed E-state index contributed by atoms with van der Waals surface area (Å²) in [4.78, 5) is 37.1. The fourth-order valence-electron chi connectivity index (χ4n) is 3.73. The molecule has 1 N–H and O–H groups in total. The number of amides is 2. The molecule has 8 heteroatoms. The zero-order valence-corrected chi connectivity index (χ0v) is 19.9. The van der Waals surface area contributed by atoms with Crippen molar-refractivity contribution in [2.75, 3.05) is 12.4 Å². The Morgan fingerprint density at radius 1 is 0.972 bits per heavy atom. The number of hydrogen-bond donors (Lipinski definition) is 1. The van der Waals surface area contributed by atoms with Gasteiger partial charge in [0, 0.05) is 24.6 Å². The highest BCUT2D eigenvalue weighted by molar-refractivity contribution is 6.00. The molecule has 0 aliphatic rings. The Morgan fingerprint density at radius 3 is 2.28 bits per heavy atom. The van der Waals surface area contributed by atoms with Crippen molar-refractivity contribution in [2.24, 2.45) is 0 Å². The number of aryl methyl sites for hydroxylation is 1. The van der Waals surface area contributed by atoms with Crippen molar-refractivity contribution in [3.05, 3.63) is 120 Å². The number of rotatable bonds is 8. The zero-order valence-electron chi connectivity index (χ0n) is 19.9. The molecule has 0 spiro atoms. The molecular formula is C28H25FN4O3. The number of nitrogens with one attached hydrogen (secondary N) is 1. The second-order valence-electron chi connectivity index (χ2n) is 8.18. The topological polar surface area (TPSA) is 84.4 Å². The van der Waals surface area contributed by atoms with Crippen molar-refractivity contribution >= 4 is 17.5 Å². The zero-order chi connectivity index (χ0) is 25.5. The van der Waals surface area contributed by atoms with Crippen LogP contribution in [0.4, 0.5) is 10.1 Å². The van der Waals surface area contributed by atoms with Gasteiger partial charge in [0.2, 0.25) is 0 Å². The number of carbonyl (C=O) groups excluding carboxylic acids is 2. The monoisotopic (exact) mass is 484 g/mol. The van der Waals surface area contributed by atoms with Crippen molar-refractivity contribution < 1.29 is 18.7 Å². The fourth-order valence-corrected chi connectivity index (χ4v) is 3.73. The van der Waals surface area contributed by atoms with Crippen LogP contribution in [0.1, 0.15) is 33.2 Å². The van der Waals surface area contributed by atoms with Crippen LogP contribution in [0, 0.1) is 12.7 Å². The second-order valence-corrected chi connectivity index (χ2v) is 8.18. The molecule has 4 rings (SSSR count). The van der Waals surface area contributed by atoms with Gasteiger partial charge in [0.05, 0.1) is 13.3 Å². The van der Waals surface area contributed by atoms with Crippen LogP contribution in [0.15, 0.2) is 91.4 Å². The van der Waals surface area contributed by atoms with E-state index in [1.165, 1.54) is 47.8 Å². The van der Waals surface area contributed by atoms with Crippen molar-refractivity contribution in [2.45, 2.75) is 19.5 Å². The normalized spacial score (nSPS) is 11.4. The average molecular weight is 485 g/mol. The van der Waals surface area contributed by atoms with Crippen molar-refractivity contribution in [1.29, 1.82) is 0 Å². The minimum absolute atomic E-state index is 0.109. The minimum atomic E-state index is -1.03. The van der Waals surface area contributed by atoms with Gasteiger partial charge in [-0.3, -0.25) is 14.6 Å². The number of methoxy groups -OCH3 is 1. The molecule has 0 aliphatic carbocycles. The molecule has 1 atom stereocenters. The number of halogens is 1. The number of carbonyl (C=O) groups is 2. The van der Waals surface area contributed by atoms with E-state index in [0.29, 0.717) is 17.0 Å². The first-order valence-corrected chi connectivity index (χ1v) is 11.3. The highest BCUT2D eigenvalue weighted by Gasteiger charge is 2.33. The van der Waals surface area contributed by atoms with E-state index in [1.807, 2.05) is 31.2 Å². The van der Waals surface area contributed by atoms with Crippen LogP contribution in [0.3, 0.4) is 0 Å². The summed E-state index contributed by atoms with van der Waals surface area (Å²) in [6, 6.07) is 19.1. The molecular weight excluding hydrogens is 459 g/mol. The maximum absolute atomic E-state index is 13.7. The highest BCUT2D eigenvalue weighted by atomic mass is 19.1. The molecule has 1 aromatic heterocycles. The van der Waals surface area contributed by atoms with Gasteiger partial charge in [-0.15, -0.1) is 0 Å². The van der Waals surface area contributed by atoms with Gasteiger partial charge < -0.3 is 15.0 Å². The molecule has 7 nitrogen and oxygen atoms in total. The molecule has 2 amide bonds. The third kappa shape index (κ3) is 5.90. The molecule has 3 aromatic carbocycles. The molecule has 4 aromatic rings. The Morgan fingerprint density at radius 2 is 1.67 bits per heavy atom. The lowest BCUT2D eigenvalue weighted by molar-refractivity contribution is -0.121. The summed E-state index contributed by atoms with van der Waals surface area (Å²) >= 11 is 0. The van der Waals surface area contributed by atoms with Crippen molar-refractivity contribution in [3.8, 4) is 5.75 Å². The summed E-state index contributed by atoms with van der Waals surface area (Å²) in [5.41, 5.74) is 3.00. The van der Waals surface area contributed by atoms with Crippen LogP contribution < -0.4 is 10.1 Å². The molecule has 1 heterocycles. The third-order valence-electron chi connectivity index (χ3n) is 5.62. The summed E-state index contributed by atoms with van der Waals surface area (Å²) in [6.07, 6.45) is 4.27. The number of anilines is 1. The van der Waals surface area contributed by atoms with Gasteiger partial charge in [-0.1, -0.05) is 42.0 Å². The number of aromatic nitrogens is 2. The Balaban J connectivity index is 1.78. The maximum Gasteiger partial charge on any atom is 0.275 e. The standard InChI is InChI=1S/C28H25FN4O3/c1-19-3-5-20(6-4-19)18-33(28(35)25-17-30-15-16-31-25)26(21-7-13-24(36-2)14-8-21)27(34)32-23-11-9-22(29)10-12-23/h3-17,26H,18H2,1-2H3,(H,32,34)/t26-/m0/s1. The van der Waals surface area contributed by atoms with Crippen LogP contribution >= 0.6 is 0 Å².